The molecule has 0 atom stereocenters. The molecule has 0 saturated heterocycles. The third kappa shape index (κ3) is 5.43. The monoisotopic (exact) mass is 453 g/mol. The van der Waals surface area contributed by atoms with E-state index >= 15 is 0 Å². The van der Waals surface area contributed by atoms with Crippen LogP contribution in [0.5, 0.6) is 0 Å². The molecule has 1 N–H and O–H groups in total. The lowest BCUT2D eigenvalue weighted by Gasteiger charge is -2.32. The van der Waals surface area contributed by atoms with E-state index in [0.717, 1.165) is 28.2 Å². The van der Waals surface area contributed by atoms with E-state index in [-0.39, 0.29) is 22.6 Å². The van der Waals surface area contributed by atoms with Gasteiger partial charge in [0, 0.05) is 22.2 Å². The number of carbonyl (C=O) groups is 1. The first-order chi connectivity index (χ1) is 15.1. The largest absolute Gasteiger partial charge is 0.471 e. The van der Waals surface area contributed by atoms with Crippen LogP contribution in [-0.4, -0.2) is 34.1 Å². The van der Waals surface area contributed by atoms with Crippen molar-refractivity contribution in [2.45, 2.75) is 92.5 Å². The predicted molar refractivity (Wildman–Crippen MR) is 135 cm³/mol. The predicted octanol–water partition coefficient (Wildman–Crippen LogP) is 6.37. The van der Waals surface area contributed by atoms with Gasteiger partial charge in [-0.1, -0.05) is 12.1 Å². The summed E-state index contributed by atoms with van der Waals surface area (Å²) in [7, 11) is 0. The summed E-state index contributed by atoms with van der Waals surface area (Å²) in [6, 6.07) is 7.63. The van der Waals surface area contributed by atoms with Gasteiger partial charge in [-0.05, 0) is 86.9 Å². The Morgan fingerprint density at radius 3 is 2.15 bits per heavy atom. The van der Waals surface area contributed by atoms with Gasteiger partial charge in [0.25, 0.3) is 0 Å². The molecule has 2 aromatic rings. The zero-order chi connectivity index (χ0) is 24.8. The van der Waals surface area contributed by atoms with Crippen LogP contribution in [0.4, 0.5) is 5.82 Å². The van der Waals surface area contributed by atoms with Crippen LogP contribution in [0.1, 0.15) is 90.9 Å². The van der Waals surface area contributed by atoms with Gasteiger partial charge in [-0.25, -0.2) is 9.79 Å². The molecule has 0 aliphatic carbocycles. The standard InChI is InChI=1S/C27H39N3O3/c1-11-32-24(31)18-14-12-17(13-15-18)20-19-16-33-23(29-26(5,6)7)21(19)30(27(8,9)10)22(20)28-25(2,3)4/h12-15,28H,11,16H2,1-10H3. The van der Waals surface area contributed by atoms with Crippen molar-refractivity contribution in [2.24, 2.45) is 4.99 Å². The Labute approximate surface area is 198 Å². The van der Waals surface area contributed by atoms with Gasteiger partial charge in [0.2, 0.25) is 5.90 Å². The number of aliphatic imine (C=N–C) groups is 1. The quantitative estimate of drug-likeness (QED) is 0.546. The number of ether oxygens (including phenoxy) is 2. The summed E-state index contributed by atoms with van der Waals surface area (Å²) in [6.45, 7) is 21.9. The van der Waals surface area contributed by atoms with Crippen molar-refractivity contribution in [3.05, 3.63) is 41.1 Å². The number of aromatic nitrogens is 1. The molecular weight excluding hydrogens is 414 g/mol. The van der Waals surface area contributed by atoms with Crippen molar-refractivity contribution >= 4 is 17.7 Å². The van der Waals surface area contributed by atoms with Gasteiger partial charge in [0.05, 0.1) is 17.7 Å². The zero-order valence-electron chi connectivity index (χ0n) is 21.8. The van der Waals surface area contributed by atoms with Crippen LogP contribution in [0.15, 0.2) is 29.3 Å². The zero-order valence-corrected chi connectivity index (χ0v) is 21.8. The lowest BCUT2D eigenvalue weighted by molar-refractivity contribution is 0.0526. The first kappa shape index (κ1) is 24.9. The smallest absolute Gasteiger partial charge is 0.338 e. The second-order valence-electron chi connectivity index (χ2n) is 11.6. The summed E-state index contributed by atoms with van der Waals surface area (Å²) in [4.78, 5) is 17.1. The van der Waals surface area contributed by atoms with E-state index in [1.54, 1.807) is 0 Å². The number of fused-ring (bicyclic) bond motifs is 1. The third-order valence-corrected chi connectivity index (χ3v) is 5.11. The highest BCUT2D eigenvalue weighted by atomic mass is 16.5. The summed E-state index contributed by atoms with van der Waals surface area (Å²) >= 11 is 0. The SMILES string of the molecule is CCOC(=O)c1ccc(-c2c3c(n(C(C)(C)C)c2NC(C)(C)C)C(=NC(C)(C)C)OC3)cc1. The van der Waals surface area contributed by atoms with Gasteiger partial charge in [-0.15, -0.1) is 0 Å². The highest BCUT2D eigenvalue weighted by Crippen LogP contribution is 2.45. The summed E-state index contributed by atoms with van der Waals surface area (Å²) in [6.07, 6.45) is 0. The van der Waals surface area contributed by atoms with E-state index in [4.69, 9.17) is 14.5 Å². The van der Waals surface area contributed by atoms with Gasteiger partial charge < -0.3 is 19.4 Å². The fourth-order valence-corrected chi connectivity index (χ4v) is 4.03. The molecule has 33 heavy (non-hydrogen) atoms. The maximum absolute atomic E-state index is 12.2. The van der Waals surface area contributed by atoms with Crippen molar-refractivity contribution in [1.82, 2.24) is 4.57 Å². The summed E-state index contributed by atoms with van der Waals surface area (Å²) in [5.74, 6) is 1.41. The summed E-state index contributed by atoms with van der Waals surface area (Å²) in [5.41, 5.74) is 4.16. The molecule has 1 aliphatic rings. The van der Waals surface area contributed by atoms with Crippen LogP contribution in [0.25, 0.3) is 11.1 Å². The fraction of sp³-hybridized carbons (Fsp3) is 0.556. The lowest BCUT2D eigenvalue weighted by atomic mass is 10.00. The highest BCUT2D eigenvalue weighted by molar-refractivity contribution is 6.02. The lowest BCUT2D eigenvalue weighted by Crippen LogP contribution is -2.33. The highest BCUT2D eigenvalue weighted by Gasteiger charge is 2.38. The van der Waals surface area contributed by atoms with Crippen molar-refractivity contribution in [3.63, 3.8) is 0 Å². The molecule has 180 valence electrons. The fourth-order valence-electron chi connectivity index (χ4n) is 4.03. The van der Waals surface area contributed by atoms with Crippen LogP contribution >= 0.6 is 0 Å². The first-order valence-electron chi connectivity index (χ1n) is 11.7. The van der Waals surface area contributed by atoms with E-state index in [1.165, 1.54) is 0 Å². The number of nitrogens with one attached hydrogen (secondary N) is 1. The topological polar surface area (TPSA) is 64.8 Å². The molecule has 0 bridgehead atoms. The van der Waals surface area contributed by atoms with Crippen LogP contribution in [0, 0.1) is 0 Å². The molecule has 1 aromatic heterocycles. The Hall–Kier alpha value is -2.76. The number of hydrogen-bond acceptors (Lipinski definition) is 5. The number of nitrogens with zero attached hydrogens (tertiary/aromatic N) is 2. The van der Waals surface area contributed by atoms with Gasteiger partial charge >= 0.3 is 5.97 Å². The van der Waals surface area contributed by atoms with E-state index < -0.39 is 0 Å². The average molecular weight is 454 g/mol. The Kier molecular flexibility index (Phi) is 6.44. The molecular formula is C27H39N3O3. The molecule has 0 radical (unpaired) electrons. The van der Waals surface area contributed by atoms with Gasteiger partial charge in [-0.3, -0.25) is 0 Å². The van der Waals surface area contributed by atoms with E-state index in [2.05, 4.69) is 72.2 Å². The molecule has 6 heteroatoms. The molecule has 2 heterocycles. The summed E-state index contributed by atoms with van der Waals surface area (Å²) < 4.78 is 13.6. The molecule has 0 amide bonds. The normalized spacial score (nSPS) is 15.4. The molecule has 1 aromatic carbocycles. The molecule has 0 saturated carbocycles. The number of carbonyl (C=O) groups excluding carboxylic acids is 1. The number of esters is 1. The Morgan fingerprint density at radius 1 is 1.06 bits per heavy atom. The van der Waals surface area contributed by atoms with Gasteiger partial charge in [0.15, 0.2) is 0 Å². The van der Waals surface area contributed by atoms with Crippen molar-refractivity contribution < 1.29 is 14.3 Å². The summed E-state index contributed by atoms with van der Waals surface area (Å²) in [5, 5.41) is 3.75. The van der Waals surface area contributed by atoms with Crippen molar-refractivity contribution in [3.8, 4) is 11.1 Å². The average Bonchev–Trinajstić information content (AvgIpc) is 3.16. The van der Waals surface area contributed by atoms with Crippen LogP contribution in [-0.2, 0) is 21.6 Å². The third-order valence-electron chi connectivity index (χ3n) is 5.11. The van der Waals surface area contributed by atoms with Crippen molar-refractivity contribution in [1.29, 1.82) is 0 Å². The molecule has 1 aliphatic heterocycles. The number of anilines is 1. The second kappa shape index (κ2) is 8.54. The molecule has 0 spiro atoms. The molecule has 0 unspecified atom stereocenters. The number of hydrogen-bond donors (Lipinski definition) is 1. The van der Waals surface area contributed by atoms with Crippen LogP contribution in [0.3, 0.4) is 0 Å². The second-order valence-corrected chi connectivity index (χ2v) is 11.6. The number of benzene rings is 1. The van der Waals surface area contributed by atoms with E-state index in [0.29, 0.717) is 24.7 Å². The Balaban J connectivity index is 2.29. The maximum Gasteiger partial charge on any atom is 0.338 e. The minimum absolute atomic E-state index is 0.156. The Bertz CT molecular complexity index is 1060. The molecule has 6 nitrogen and oxygen atoms in total. The minimum atomic E-state index is -0.308. The van der Waals surface area contributed by atoms with Crippen molar-refractivity contribution in [2.75, 3.05) is 11.9 Å². The van der Waals surface area contributed by atoms with E-state index in [1.807, 2.05) is 31.2 Å². The van der Waals surface area contributed by atoms with Crippen LogP contribution in [0.2, 0.25) is 0 Å². The molecule has 3 rings (SSSR count). The van der Waals surface area contributed by atoms with E-state index in [9.17, 15) is 4.79 Å². The molecule has 0 fully saturated rings. The minimum Gasteiger partial charge on any atom is -0.471 e. The van der Waals surface area contributed by atoms with Crippen LogP contribution < -0.4 is 5.32 Å². The first-order valence-corrected chi connectivity index (χ1v) is 11.7. The van der Waals surface area contributed by atoms with Gasteiger partial charge in [-0.2, -0.15) is 0 Å². The maximum atomic E-state index is 12.2. The van der Waals surface area contributed by atoms with Gasteiger partial charge in [0.1, 0.15) is 18.1 Å². The Morgan fingerprint density at radius 2 is 1.67 bits per heavy atom. The number of rotatable bonds is 4.